The lowest BCUT2D eigenvalue weighted by atomic mass is 10.1. The number of benzene rings is 1. The normalized spacial score (nSPS) is 17.0. The second-order valence-electron chi connectivity index (χ2n) is 6.01. The minimum absolute atomic E-state index is 0. The first kappa shape index (κ1) is 19.5. The van der Waals surface area contributed by atoms with Crippen molar-refractivity contribution in [1.29, 1.82) is 0 Å². The summed E-state index contributed by atoms with van der Waals surface area (Å²) in [5.74, 6) is 1.68. The Balaban J connectivity index is 0.00000242. The Kier molecular flexibility index (Phi) is 7.96. The van der Waals surface area contributed by atoms with Crippen molar-refractivity contribution >= 4 is 51.6 Å². The highest BCUT2D eigenvalue weighted by Crippen LogP contribution is 2.26. The SMILES string of the molecule is CN(C)C(=NCC1CCN(c2cccc(Br)c2)C1)N(C)C.I. The van der Waals surface area contributed by atoms with Crippen LogP contribution in [0.2, 0.25) is 0 Å². The first-order valence-electron chi connectivity index (χ1n) is 7.37. The van der Waals surface area contributed by atoms with Crippen molar-refractivity contribution in [3.8, 4) is 0 Å². The molecular weight excluding hydrogens is 455 g/mol. The van der Waals surface area contributed by atoms with Crippen molar-refractivity contribution in [2.24, 2.45) is 10.9 Å². The highest BCUT2D eigenvalue weighted by molar-refractivity contribution is 14.0. The summed E-state index contributed by atoms with van der Waals surface area (Å²) < 4.78 is 1.14. The van der Waals surface area contributed by atoms with E-state index in [1.165, 1.54) is 12.1 Å². The molecule has 6 heteroatoms. The van der Waals surface area contributed by atoms with Crippen LogP contribution in [0.1, 0.15) is 6.42 Å². The van der Waals surface area contributed by atoms with Crippen LogP contribution in [0.5, 0.6) is 0 Å². The monoisotopic (exact) mass is 480 g/mol. The number of hydrogen-bond acceptors (Lipinski definition) is 2. The first-order chi connectivity index (χ1) is 9.97. The molecule has 0 amide bonds. The van der Waals surface area contributed by atoms with Crippen LogP contribution in [0.3, 0.4) is 0 Å². The predicted octanol–water partition coefficient (Wildman–Crippen LogP) is 3.37. The molecule has 0 N–H and O–H groups in total. The van der Waals surface area contributed by atoms with Crippen molar-refractivity contribution in [2.45, 2.75) is 6.42 Å². The summed E-state index contributed by atoms with van der Waals surface area (Å²) in [6.45, 7) is 3.11. The van der Waals surface area contributed by atoms with Gasteiger partial charge in [-0.3, -0.25) is 4.99 Å². The Morgan fingerprint density at radius 3 is 2.55 bits per heavy atom. The quantitative estimate of drug-likeness (QED) is 0.376. The Morgan fingerprint density at radius 1 is 1.27 bits per heavy atom. The third-order valence-corrected chi connectivity index (χ3v) is 4.24. The molecule has 1 aliphatic rings. The van der Waals surface area contributed by atoms with Crippen molar-refractivity contribution in [2.75, 3.05) is 52.7 Å². The zero-order chi connectivity index (χ0) is 15.4. The molecule has 0 spiro atoms. The van der Waals surface area contributed by atoms with Crippen LogP contribution < -0.4 is 4.90 Å². The Bertz CT molecular complexity index is 495. The maximum atomic E-state index is 4.78. The summed E-state index contributed by atoms with van der Waals surface area (Å²) in [6.07, 6.45) is 1.21. The summed E-state index contributed by atoms with van der Waals surface area (Å²) in [5.41, 5.74) is 1.30. The summed E-state index contributed by atoms with van der Waals surface area (Å²) in [7, 11) is 8.17. The van der Waals surface area contributed by atoms with E-state index in [0.29, 0.717) is 5.92 Å². The third kappa shape index (κ3) is 5.30. The summed E-state index contributed by atoms with van der Waals surface area (Å²) in [6, 6.07) is 8.54. The molecule has 0 aliphatic carbocycles. The molecule has 4 nitrogen and oxygen atoms in total. The Labute approximate surface area is 159 Å². The molecule has 1 saturated heterocycles. The van der Waals surface area contributed by atoms with Crippen LogP contribution in [0.15, 0.2) is 33.7 Å². The molecule has 0 aromatic heterocycles. The van der Waals surface area contributed by atoms with Gasteiger partial charge >= 0.3 is 0 Å². The lowest BCUT2D eigenvalue weighted by molar-refractivity contribution is 0.472. The minimum atomic E-state index is 0. The minimum Gasteiger partial charge on any atom is -0.371 e. The van der Waals surface area contributed by atoms with Gasteiger partial charge in [-0.1, -0.05) is 22.0 Å². The van der Waals surface area contributed by atoms with Crippen molar-refractivity contribution in [3.63, 3.8) is 0 Å². The van der Waals surface area contributed by atoms with Crippen LogP contribution in [-0.4, -0.2) is 63.6 Å². The van der Waals surface area contributed by atoms with E-state index in [2.05, 4.69) is 54.9 Å². The fourth-order valence-corrected chi connectivity index (χ4v) is 3.17. The van der Waals surface area contributed by atoms with E-state index in [-0.39, 0.29) is 24.0 Å². The van der Waals surface area contributed by atoms with Crippen LogP contribution in [0.25, 0.3) is 0 Å². The zero-order valence-corrected chi connectivity index (χ0v) is 17.7. The van der Waals surface area contributed by atoms with Gasteiger partial charge in [0.15, 0.2) is 5.96 Å². The van der Waals surface area contributed by atoms with Gasteiger partial charge in [-0.05, 0) is 30.5 Å². The van der Waals surface area contributed by atoms with Crippen molar-refractivity contribution in [3.05, 3.63) is 28.7 Å². The first-order valence-corrected chi connectivity index (χ1v) is 8.16. The highest BCUT2D eigenvalue weighted by Gasteiger charge is 2.22. The van der Waals surface area contributed by atoms with Gasteiger partial charge in [-0.2, -0.15) is 0 Å². The molecule has 0 saturated carbocycles. The Morgan fingerprint density at radius 2 is 1.95 bits per heavy atom. The van der Waals surface area contributed by atoms with Crippen LogP contribution in [-0.2, 0) is 0 Å². The number of anilines is 1. The second-order valence-corrected chi connectivity index (χ2v) is 6.93. The van der Waals surface area contributed by atoms with Crippen LogP contribution >= 0.6 is 39.9 Å². The molecule has 0 radical (unpaired) electrons. The molecule has 1 fully saturated rings. The fraction of sp³-hybridized carbons (Fsp3) is 0.562. The van der Waals surface area contributed by atoms with Gasteiger partial charge in [0.1, 0.15) is 0 Å². The Hall–Kier alpha value is -0.500. The maximum absolute atomic E-state index is 4.78. The number of halogens is 2. The molecule has 22 heavy (non-hydrogen) atoms. The van der Waals surface area contributed by atoms with E-state index in [9.17, 15) is 0 Å². The number of hydrogen-bond donors (Lipinski definition) is 0. The van der Waals surface area contributed by atoms with Gasteiger partial charge in [0.2, 0.25) is 0 Å². The summed E-state index contributed by atoms with van der Waals surface area (Å²) in [4.78, 5) is 11.4. The van der Waals surface area contributed by atoms with Gasteiger partial charge in [0, 0.05) is 58.0 Å². The van der Waals surface area contributed by atoms with E-state index >= 15 is 0 Å². The lowest BCUT2D eigenvalue weighted by Gasteiger charge is -2.23. The summed E-state index contributed by atoms with van der Waals surface area (Å²) in [5, 5.41) is 0. The molecule has 0 bridgehead atoms. The van der Waals surface area contributed by atoms with E-state index < -0.39 is 0 Å². The highest BCUT2D eigenvalue weighted by atomic mass is 127. The van der Waals surface area contributed by atoms with E-state index in [1.54, 1.807) is 0 Å². The molecule has 124 valence electrons. The molecule has 1 unspecified atom stereocenters. The van der Waals surface area contributed by atoms with Gasteiger partial charge in [0.25, 0.3) is 0 Å². The smallest absolute Gasteiger partial charge is 0.195 e. The molecule has 1 aliphatic heterocycles. The number of aliphatic imine (C=N–C) groups is 1. The molecule has 1 aromatic rings. The van der Waals surface area contributed by atoms with E-state index in [0.717, 1.165) is 30.1 Å². The average Bonchev–Trinajstić information content (AvgIpc) is 2.87. The molecule has 1 heterocycles. The number of nitrogens with zero attached hydrogens (tertiary/aromatic N) is 4. The molecule has 1 aromatic carbocycles. The van der Waals surface area contributed by atoms with Crippen molar-refractivity contribution < 1.29 is 0 Å². The van der Waals surface area contributed by atoms with Crippen LogP contribution in [0, 0.1) is 5.92 Å². The number of rotatable bonds is 3. The van der Waals surface area contributed by atoms with Gasteiger partial charge in [0.05, 0.1) is 0 Å². The van der Waals surface area contributed by atoms with E-state index in [1.807, 2.05) is 28.2 Å². The van der Waals surface area contributed by atoms with Gasteiger partial charge in [-0.25, -0.2) is 0 Å². The van der Waals surface area contributed by atoms with E-state index in [4.69, 9.17) is 4.99 Å². The standard InChI is InChI=1S/C16H25BrN4.HI/c1-19(2)16(20(3)4)18-11-13-8-9-21(12-13)15-7-5-6-14(17)10-15;/h5-7,10,13H,8-9,11-12H2,1-4H3;1H. The van der Waals surface area contributed by atoms with Crippen LogP contribution in [0.4, 0.5) is 5.69 Å². The van der Waals surface area contributed by atoms with Crippen molar-refractivity contribution in [1.82, 2.24) is 9.80 Å². The summed E-state index contributed by atoms with van der Waals surface area (Å²) >= 11 is 3.55. The fourth-order valence-electron chi connectivity index (χ4n) is 2.78. The topological polar surface area (TPSA) is 22.1 Å². The maximum Gasteiger partial charge on any atom is 0.195 e. The molecule has 1 atom stereocenters. The predicted molar refractivity (Wildman–Crippen MR) is 110 cm³/mol. The number of guanidine groups is 1. The van der Waals surface area contributed by atoms with Gasteiger partial charge < -0.3 is 14.7 Å². The second kappa shape index (κ2) is 8.96. The average molecular weight is 481 g/mol. The largest absolute Gasteiger partial charge is 0.371 e. The van der Waals surface area contributed by atoms with Gasteiger partial charge in [-0.15, -0.1) is 24.0 Å². The lowest BCUT2D eigenvalue weighted by Crippen LogP contribution is -2.36. The third-order valence-electron chi connectivity index (χ3n) is 3.75. The zero-order valence-electron chi connectivity index (χ0n) is 13.8. The molecule has 2 rings (SSSR count). The molecular formula is C16H26BrIN4.